The van der Waals surface area contributed by atoms with Crippen LogP contribution in [0.4, 0.5) is 5.69 Å². The van der Waals surface area contributed by atoms with Crippen LogP contribution in [-0.4, -0.2) is 11.2 Å². The Kier molecular flexibility index (Phi) is 3.28. The summed E-state index contributed by atoms with van der Waals surface area (Å²) < 4.78 is 3.20. The Morgan fingerprint density at radius 1 is 1.27 bits per heavy atom. The van der Waals surface area contributed by atoms with Gasteiger partial charge in [0.05, 0.1) is 9.88 Å². The maximum Gasteiger partial charge on any atom is 0.0900 e. The molecule has 0 aliphatic rings. The first-order valence-electron chi connectivity index (χ1n) is 4.61. The molecule has 4 heteroatoms. The van der Waals surface area contributed by atoms with Crippen molar-refractivity contribution in [2.45, 2.75) is 6.92 Å². The van der Waals surface area contributed by atoms with E-state index in [0.717, 1.165) is 10.7 Å². The Morgan fingerprint density at radius 2 is 2.00 bits per heavy atom. The molecular weight excluding hydrogens is 224 g/mol. The van der Waals surface area contributed by atoms with E-state index in [4.69, 9.17) is 0 Å². The van der Waals surface area contributed by atoms with Gasteiger partial charge in [-0.2, -0.15) is 0 Å². The highest BCUT2D eigenvalue weighted by molar-refractivity contribution is 7.99. The van der Waals surface area contributed by atoms with Crippen molar-refractivity contribution < 1.29 is 0 Å². The molecule has 0 aliphatic heterocycles. The lowest BCUT2D eigenvalue weighted by molar-refractivity contribution is 1.30. The highest BCUT2D eigenvalue weighted by atomic mass is 32.2. The standard InChI is InChI=1S/C11H12N2S2/c1-8-12-7-11(15-8)9-3-5-10(6-4-9)13-14-2/h3-7,13H,1-2H3. The van der Waals surface area contributed by atoms with Gasteiger partial charge in [0.1, 0.15) is 0 Å². The van der Waals surface area contributed by atoms with Gasteiger partial charge in [-0.05, 0) is 24.6 Å². The number of rotatable bonds is 3. The van der Waals surface area contributed by atoms with Gasteiger partial charge in [0.25, 0.3) is 0 Å². The van der Waals surface area contributed by atoms with Gasteiger partial charge in [-0.15, -0.1) is 11.3 Å². The lowest BCUT2D eigenvalue weighted by Gasteiger charge is -2.02. The molecule has 0 saturated heterocycles. The fourth-order valence-electron chi connectivity index (χ4n) is 1.32. The zero-order valence-corrected chi connectivity index (χ0v) is 10.3. The van der Waals surface area contributed by atoms with Crippen molar-refractivity contribution in [3.63, 3.8) is 0 Å². The molecule has 0 bridgehead atoms. The van der Waals surface area contributed by atoms with E-state index in [2.05, 4.69) is 34.0 Å². The summed E-state index contributed by atoms with van der Waals surface area (Å²) in [5.41, 5.74) is 2.36. The number of thiazole rings is 1. The number of nitrogens with one attached hydrogen (secondary N) is 1. The summed E-state index contributed by atoms with van der Waals surface area (Å²) in [4.78, 5) is 5.48. The fourth-order valence-corrected chi connectivity index (χ4v) is 2.47. The predicted molar refractivity (Wildman–Crippen MR) is 69.4 cm³/mol. The quantitative estimate of drug-likeness (QED) is 0.820. The normalized spacial score (nSPS) is 10.3. The zero-order chi connectivity index (χ0) is 10.7. The molecule has 0 radical (unpaired) electrons. The number of aromatic nitrogens is 1. The second kappa shape index (κ2) is 4.68. The average Bonchev–Trinajstić information content (AvgIpc) is 2.67. The molecule has 1 heterocycles. The molecule has 0 spiro atoms. The van der Waals surface area contributed by atoms with Crippen LogP contribution in [0.5, 0.6) is 0 Å². The zero-order valence-electron chi connectivity index (χ0n) is 8.65. The van der Waals surface area contributed by atoms with Crippen LogP contribution in [0.15, 0.2) is 30.5 Å². The van der Waals surface area contributed by atoms with Gasteiger partial charge < -0.3 is 4.72 Å². The fraction of sp³-hybridized carbons (Fsp3) is 0.182. The molecule has 2 rings (SSSR count). The molecule has 0 amide bonds. The van der Waals surface area contributed by atoms with Crippen LogP contribution in [0.1, 0.15) is 5.01 Å². The third kappa shape index (κ3) is 2.52. The molecule has 2 aromatic rings. The largest absolute Gasteiger partial charge is 0.330 e. The van der Waals surface area contributed by atoms with Crippen molar-refractivity contribution in [3.05, 3.63) is 35.5 Å². The highest BCUT2D eigenvalue weighted by Gasteiger charge is 2.01. The summed E-state index contributed by atoms with van der Waals surface area (Å²) in [5.74, 6) is 0. The Labute approximate surface area is 97.9 Å². The van der Waals surface area contributed by atoms with Crippen molar-refractivity contribution >= 4 is 29.0 Å². The maximum absolute atomic E-state index is 4.25. The van der Waals surface area contributed by atoms with Crippen molar-refractivity contribution in [2.75, 3.05) is 11.0 Å². The van der Waals surface area contributed by atoms with Crippen LogP contribution in [0.2, 0.25) is 0 Å². The molecule has 0 atom stereocenters. The van der Waals surface area contributed by atoms with Crippen molar-refractivity contribution in [3.8, 4) is 10.4 Å². The molecule has 0 aliphatic carbocycles. The van der Waals surface area contributed by atoms with E-state index in [1.165, 1.54) is 10.4 Å². The molecule has 1 aromatic carbocycles. The highest BCUT2D eigenvalue weighted by Crippen LogP contribution is 2.27. The van der Waals surface area contributed by atoms with Crippen molar-refractivity contribution in [2.24, 2.45) is 0 Å². The topological polar surface area (TPSA) is 24.9 Å². The Bertz CT molecular complexity index is 434. The molecule has 0 saturated carbocycles. The summed E-state index contributed by atoms with van der Waals surface area (Å²) in [5, 5.41) is 1.11. The summed E-state index contributed by atoms with van der Waals surface area (Å²) in [6.07, 6.45) is 3.94. The van der Waals surface area contributed by atoms with Gasteiger partial charge in [-0.25, -0.2) is 4.98 Å². The monoisotopic (exact) mass is 236 g/mol. The van der Waals surface area contributed by atoms with E-state index in [-0.39, 0.29) is 0 Å². The lowest BCUT2D eigenvalue weighted by atomic mass is 10.2. The molecule has 0 unspecified atom stereocenters. The number of benzene rings is 1. The summed E-state index contributed by atoms with van der Waals surface area (Å²) in [6, 6.07) is 8.40. The smallest absolute Gasteiger partial charge is 0.0900 e. The Balaban J connectivity index is 2.23. The number of hydrogen-bond donors (Lipinski definition) is 1. The van der Waals surface area contributed by atoms with Crippen LogP contribution in [0.3, 0.4) is 0 Å². The molecule has 15 heavy (non-hydrogen) atoms. The molecule has 0 fully saturated rings. The minimum atomic E-state index is 1.11. The third-order valence-electron chi connectivity index (χ3n) is 2.01. The molecule has 78 valence electrons. The van der Waals surface area contributed by atoms with E-state index in [1.54, 1.807) is 23.3 Å². The lowest BCUT2D eigenvalue weighted by Crippen LogP contribution is -1.83. The van der Waals surface area contributed by atoms with Gasteiger partial charge >= 0.3 is 0 Å². The summed E-state index contributed by atoms with van der Waals surface area (Å²) in [6.45, 7) is 2.03. The van der Waals surface area contributed by atoms with Gasteiger partial charge in [0.2, 0.25) is 0 Å². The molecule has 1 N–H and O–H groups in total. The van der Waals surface area contributed by atoms with Gasteiger partial charge in [-0.1, -0.05) is 24.1 Å². The third-order valence-corrected chi connectivity index (χ3v) is 3.41. The van der Waals surface area contributed by atoms with E-state index < -0.39 is 0 Å². The Morgan fingerprint density at radius 3 is 2.53 bits per heavy atom. The number of nitrogens with zero attached hydrogens (tertiary/aromatic N) is 1. The van der Waals surface area contributed by atoms with Crippen LogP contribution < -0.4 is 4.72 Å². The van der Waals surface area contributed by atoms with Crippen LogP contribution in [-0.2, 0) is 0 Å². The van der Waals surface area contributed by atoms with E-state index in [9.17, 15) is 0 Å². The van der Waals surface area contributed by atoms with E-state index >= 15 is 0 Å². The van der Waals surface area contributed by atoms with E-state index in [0.29, 0.717) is 0 Å². The number of hydrogen-bond acceptors (Lipinski definition) is 4. The van der Waals surface area contributed by atoms with E-state index in [1.807, 2.05) is 19.4 Å². The van der Waals surface area contributed by atoms with Gasteiger partial charge in [0.15, 0.2) is 0 Å². The first kappa shape index (κ1) is 10.5. The number of aryl methyl sites for hydroxylation is 1. The summed E-state index contributed by atoms with van der Waals surface area (Å²) >= 11 is 3.32. The first-order valence-corrected chi connectivity index (χ1v) is 6.65. The van der Waals surface area contributed by atoms with Gasteiger partial charge in [-0.3, -0.25) is 0 Å². The minimum absolute atomic E-state index is 1.11. The molecule has 2 nitrogen and oxygen atoms in total. The average molecular weight is 236 g/mol. The van der Waals surface area contributed by atoms with Gasteiger partial charge in [0, 0.05) is 18.1 Å². The van der Waals surface area contributed by atoms with Crippen LogP contribution >= 0.6 is 23.3 Å². The maximum atomic E-state index is 4.25. The Hall–Kier alpha value is -1.00. The first-order chi connectivity index (χ1) is 7.29. The SMILES string of the molecule is CSNc1ccc(-c2cnc(C)s2)cc1. The van der Waals surface area contributed by atoms with Crippen LogP contribution in [0, 0.1) is 6.92 Å². The van der Waals surface area contributed by atoms with Crippen LogP contribution in [0.25, 0.3) is 10.4 Å². The molecule has 1 aromatic heterocycles. The molecular formula is C11H12N2S2. The second-order valence-corrected chi connectivity index (χ2v) is 4.97. The second-order valence-electron chi connectivity index (χ2n) is 3.13. The predicted octanol–water partition coefficient (Wildman–Crippen LogP) is 3.81. The number of anilines is 1. The van der Waals surface area contributed by atoms with Crippen molar-refractivity contribution in [1.29, 1.82) is 0 Å². The summed E-state index contributed by atoms with van der Waals surface area (Å²) in [7, 11) is 0. The van der Waals surface area contributed by atoms with Crippen molar-refractivity contribution in [1.82, 2.24) is 4.98 Å². The minimum Gasteiger partial charge on any atom is -0.330 e.